The molecule has 1 aliphatic rings. The molecule has 11 heteroatoms. The van der Waals surface area contributed by atoms with Gasteiger partial charge in [-0.15, -0.1) is 0 Å². The lowest BCUT2D eigenvalue weighted by Gasteiger charge is -2.29. The number of alkyl halides is 3. The molecule has 0 saturated carbocycles. The van der Waals surface area contributed by atoms with Crippen molar-refractivity contribution < 1.29 is 27.6 Å². The summed E-state index contributed by atoms with van der Waals surface area (Å²) in [7, 11) is 1.30. The van der Waals surface area contributed by atoms with E-state index in [0.29, 0.717) is 11.1 Å². The molecule has 164 valence electrons. The van der Waals surface area contributed by atoms with Gasteiger partial charge in [0, 0.05) is 38.7 Å². The van der Waals surface area contributed by atoms with Crippen LogP contribution >= 0.6 is 23.2 Å². The van der Waals surface area contributed by atoms with Gasteiger partial charge in [0.15, 0.2) is 0 Å². The van der Waals surface area contributed by atoms with Gasteiger partial charge in [-0.25, -0.2) is 0 Å². The van der Waals surface area contributed by atoms with Crippen LogP contribution in [0.3, 0.4) is 0 Å². The molecule has 31 heavy (non-hydrogen) atoms. The van der Waals surface area contributed by atoms with Crippen LogP contribution in [0.25, 0.3) is 0 Å². The van der Waals surface area contributed by atoms with Crippen LogP contribution < -0.4 is 5.73 Å². The largest absolute Gasteiger partial charge is 0.435 e. The lowest BCUT2D eigenvalue weighted by atomic mass is 9.84. The van der Waals surface area contributed by atoms with Gasteiger partial charge in [0.05, 0.1) is 11.9 Å². The number of nitrogens with two attached hydrogens (primary N) is 1. The molecule has 2 aromatic carbocycles. The first-order valence-corrected chi connectivity index (χ1v) is 9.54. The first-order chi connectivity index (χ1) is 14.5. The Morgan fingerprint density at radius 3 is 2.48 bits per heavy atom. The van der Waals surface area contributed by atoms with Crippen molar-refractivity contribution in [2.45, 2.75) is 25.1 Å². The third kappa shape index (κ3) is 4.20. The number of amides is 1. The van der Waals surface area contributed by atoms with Crippen LogP contribution in [-0.4, -0.2) is 31.1 Å². The fourth-order valence-corrected chi connectivity index (χ4v) is 3.88. The van der Waals surface area contributed by atoms with Gasteiger partial charge in [0.25, 0.3) is 5.60 Å². The number of benzene rings is 2. The van der Waals surface area contributed by atoms with Gasteiger partial charge in [-0.2, -0.15) is 13.2 Å². The number of hydrogen-bond acceptors (Lipinski definition) is 5. The van der Waals surface area contributed by atoms with E-state index in [9.17, 15) is 18.0 Å². The van der Waals surface area contributed by atoms with E-state index in [2.05, 4.69) is 15.1 Å². The molecule has 0 saturated heterocycles. The monoisotopic (exact) mass is 473 g/mol. The summed E-state index contributed by atoms with van der Waals surface area (Å²) in [5.41, 5.74) is 3.49. The van der Waals surface area contributed by atoms with Crippen LogP contribution in [-0.2, 0) is 15.3 Å². The summed E-state index contributed by atoms with van der Waals surface area (Å²) in [5, 5.41) is 7.46. The minimum atomic E-state index is -4.84. The zero-order chi connectivity index (χ0) is 23.0. The minimum Gasteiger partial charge on any atom is -0.399 e. The van der Waals surface area contributed by atoms with Gasteiger partial charge >= 0.3 is 6.18 Å². The number of rotatable bonds is 5. The third-order valence-electron chi connectivity index (χ3n) is 4.89. The molecule has 1 heterocycles. The van der Waals surface area contributed by atoms with Crippen LogP contribution in [0, 0.1) is 6.92 Å². The Balaban J connectivity index is 2.13. The van der Waals surface area contributed by atoms with Crippen LogP contribution in [0.15, 0.2) is 40.6 Å². The summed E-state index contributed by atoms with van der Waals surface area (Å²) in [6, 6.07) is 6.42. The van der Waals surface area contributed by atoms with Gasteiger partial charge in [0.1, 0.15) is 7.11 Å². The maximum Gasteiger partial charge on any atom is 0.435 e. The number of nitrogens with zero attached hydrogens (tertiary/aromatic N) is 2. The molecule has 1 unspecified atom stereocenters. The number of hydrogen-bond donors (Lipinski definition) is 1. The standard InChI is InChI=1S/C20H16Cl2F3N3O3/c1-10-14(18(26)29)3-4-15(16(10)9-27-30-2)17-8-19(31-28-17,20(23,24)25)11-5-12(21)7-13(22)6-11/h3-7,9H,8H2,1-2H3,(H2,26,29)/b27-9+. The summed E-state index contributed by atoms with van der Waals surface area (Å²) in [4.78, 5) is 21.4. The number of oxime groups is 2. The Morgan fingerprint density at radius 2 is 1.94 bits per heavy atom. The van der Waals surface area contributed by atoms with Crippen molar-refractivity contribution in [1.29, 1.82) is 0 Å². The van der Waals surface area contributed by atoms with Gasteiger partial charge in [-0.1, -0.05) is 39.6 Å². The maximum absolute atomic E-state index is 14.2. The molecule has 0 radical (unpaired) electrons. The topological polar surface area (TPSA) is 86.3 Å². The summed E-state index contributed by atoms with van der Waals surface area (Å²) >= 11 is 11.8. The molecule has 2 N–H and O–H groups in total. The molecule has 1 amide bonds. The van der Waals surface area contributed by atoms with Gasteiger partial charge in [-0.3, -0.25) is 4.79 Å². The van der Waals surface area contributed by atoms with E-state index < -0.39 is 24.1 Å². The summed E-state index contributed by atoms with van der Waals surface area (Å²) in [6.45, 7) is 1.59. The van der Waals surface area contributed by atoms with Gasteiger partial charge < -0.3 is 15.4 Å². The number of carbonyl (C=O) groups is 1. The highest BCUT2D eigenvalue weighted by molar-refractivity contribution is 6.34. The molecule has 0 aromatic heterocycles. The third-order valence-corrected chi connectivity index (χ3v) is 5.33. The van der Waals surface area contributed by atoms with Gasteiger partial charge in [0.2, 0.25) is 5.91 Å². The molecule has 0 bridgehead atoms. The van der Waals surface area contributed by atoms with Crippen molar-refractivity contribution >= 4 is 41.0 Å². The molecule has 0 fully saturated rings. The average Bonchev–Trinajstić information content (AvgIpc) is 3.12. The Kier molecular flexibility index (Phi) is 6.20. The molecule has 3 rings (SSSR count). The van der Waals surface area contributed by atoms with E-state index in [0.717, 1.165) is 12.1 Å². The lowest BCUT2D eigenvalue weighted by Crippen LogP contribution is -2.42. The Labute approximate surface area is 185 Å². The predicted molar refractivity (Wildman–Crippen MR) is 111 cm³/mol. The number of carbonyl (C=O) groups excluding carboxylic acids is 1. The van der Waals surface area contributed by atoms with Crippen LogP contribution in [0.2, 0.25) is 10.0 Å². The molecule has 0 spiro atoms. The minimum absolute atomic E-state index is 0.00917. The number of halogens is 5. The highest BCUT2D eigenvalue weighted by Gasteiger charge is 2.62. The van der Waals surface area contributed by atoms with Crippen LogP contribution in [0.4, 0.5) is 13.2 Å². The number of primary amides is 1. The zero-order valence-corrected chi connectivity index (χ0v) is 17.8. The Hall–Kier alpha value is -2.78. The second-order valence-corrected chi connectivity index (χ2v) is 7.64. The fraction of sp³-hybridized carbons (Fsp3) is 0.250. The second kappa shape index (κ2) is 8.39. The highest BCUT2D eigenvalue weighted by atomic mass is 35.5. The van der Waals surface area contributed by atoms with E-state index in [-0.39, 0.29) is 32.4 Å². The molecule has 0 aliphatic carbocycles. The SMILES string of the molecule is CO/N=C/c1c(C2=NOC(c3cc(Cl)cc(Cl)c3)(C(F)(F)F)C2)ccc(C(N)=O)c1C. The van der Waals surface area contributed by atoms with E-state index in [1.165, 1.54) is 31.5 Å². The summed E-state index contributed by atoms with van der Waals surface area (Å²) < 4.78 is 42.6. The summed E-state index contributed by atoms with van der Waals surface area (Å²) in [5.74, 6) is -0.695. The van der Waals surface area contributed by atoms with E-state index in [4.69, 9.17) is 33.8 Å². The second-order valence-electron chi connectivity index (χ2n) is 6.77. The lowest BCUT2D eigenvalue weighted by molar-refractivity contribution is -0.275. The maximum atomic E-state index is 14.2. The zero-order valence-electron chi connectivity index (χ0n) is 16.3. The predicted octanol–water partition coefficient (Wildman–Crippen LogP) is 4.96. The van der Waals surface area contributed by atoms with Crippen molar-refractivity contribution in [2.24, 2.45) is 16.0 Å². The molecule has 1 atom stereocenters. The quantitative estimate of drug-likeness (QED) is 0.491. The van der Waals surface area contributed by atoms with Crippen LogP contribution in [0.1, 0.15) is 39.0 Å². The fourth-order valence-electron chi connectivity index (χ4n) is 3.35. The molecule has 2 aromatic rings. The Bertz CT molecular complexity index is 1080. The first-order valence-electron chi connectivity index (χ1n) is 8.79. The van der Waals surface area contributed by atoms with Gasteiger partial charge in [-0.05, 0) is 36.8 Å². The van der Waals surface area contributed by atoms with Crippen LogP contribution in [0.5, 0.6) is 0 Å². The van der Waals surface area contributed by atoms with Crippen molar-refractivity contribution in [2.75, 3.05) is 7.11 Å². The van der Waals surface area contributed by atoms with Crippen molar-refractivity contribution in [3.05, 3.63) is 68.2 Å². The Morgan fingerprint density at radius 1 is 1.29 bits per heavy atom. The first kappa shape index (κ1) is 22.9. The van der Waals surface area contributed by atoms with E-state index >= 15 is 0 Å². The van der Waals surface area contributed by atoms with E-state index in [1.807, 2.05) is 0 Å². The average molecular weight is 474 g/mol. The van der Waals surface area contributed by atoms with Crippen molar-refractivity contribution in [3.63, 3.8) is 0 Å². The molecule has 1 aliphatic heterocycles. The highest BCUT2D eigenvalue weighted by Crippen LogP contribution is 2.50. The normalized spacial score (nSPS) is 18.7. The molecular formula is C20H16Cl2F3N3O3. The molecular weight excluding hydrogens is 458 g/mol. The smallest absolute Gasteiger partial charge is 0.399 e. The van der Waals surface area contributed by atoms with Crippen molar-refractivity contribution in [3.8, 4) is 0 Å². The summed E-state index contributed by atoms with van der Waals surface area (Å²) in [6.07, 6.45) is -4.23. The van der Waals surface area contributed by atoms with E-state index in [1.54, 1.807) is 6.92 Å². The van der Waals surface area contributed by atoms with Crippen molar-refractivity contribution in [1.82, 2.24) is 0 Å². The molecule has 6 nitrogen and oxygen atoms in total.